The van der Waals surface area contributed by atoms with Crippen molar-refractivity contribution in [2.24, 2.45) is 5.92 Å². The van der Waals surface area contributed by atoms with E-state index >= 15 is 0 Å². The molecule has 0 saturated carbocycles. The second-order valence-corrected chi connectivity index (χ2v) is 5.67. The third-order valence-electron chi connectivity index (χ3n) is 3.95. The van der Waals surface area contributed by atoms with E-state index in [1.54, 1.807) is 11.2 Å². The average molecular weight is 303 g/mol. The van der Waals surface area contributed by atoms with Crippen molar-refractivity contribution in [2.75, 3.05) is 18.1 Å². The van der Waals surface area contributed by atoms with Gasteiger partial charge in [-0.2, -0.15) is 0 Å². The van der Waals surface area contributed by atoms with Gasteiger partial charge in [0.1, 0.15) is 6.61 Å². The highest BCUT2D eigenvalue weighted by Crippen LogP contribution is 2.22. The number of carbonyl (C=O) groups is 1. The van der Waals surface area contributed by atoms with E-state index < -0.39 is 0 Å². The minimum atomic E-state index is -0.283. The van der Waals surface area contributed by atoms with E-state index in [4.69, 9.17) is 4.74 Å². The Morgan fingerprint density at radius 3 is 2.82 bits per heavy atom. The van der Waals surface area contributed by atoms with E-state index in [1.807, 2.05) is 18.2 Å². The molecule has 0 spiro atoms. The number of benzene rings is 1. The van der Waals surface area contributed by atoms with Crippen LogP contribution in [0.4, 0.5) is 10.5 Å². The molecule has 5 nitrogen and oxygen atoms in total. The Morgan fingerprint density at radius 1 is 1.41 bits per heavy atom. The number of carbonyl (C=O) groups excluding carboxylic acids is 1. The van der Waals surface area contributed by atoms with Gasteiger partial charge in [0.15, 0.2) is 0 Å². The molecule has 22 heavy (non-hydrogen) atoms. The monoisotopic (exact) mass is 303 g/mol. The molecule has 1 aromatic heterocycles. The summed E-state index contributed by atoms with van der Waals surface area (Å²) in [5, 5.41) is 0. The summed E-state index contributed by atoms with van der Waals surface area (Å²) < 4.78 is 4.87. The van der Waals surface area contributed by atoms with Crippen molar-refractivity contribution >= 4 is 22.8 Å². The lowest BCUT2D eigenvalue weighted by Gasteiger charge is -2.11. The van der Waals surface area contributed by atoms with Gasteiger partial charge in [-0.05, 0) is 24.1 Å². The number of H-pyrrole nitrogens is 1. The van der Waals surface area contributed by atoms with Gasteiger partial charge >= 0.3 is 6.09 Å². The molecule has 0 radical (unpaired) electrons. The summed E-state index contributed by atoms with van der Waals surface area (Å²) in [6, 6.07) is 5.65. The van der Waals surface area contributed by atoms with Gasteiger partial charge in [-0.25, -0.2) is 9.78 Å². The number of hydrogen-bond donors (Lipinski definition) is 1. The molecule has 5 heteroatoms. The molecule has 1 atom stereocenters. The van der Waals surface area contributed by atoms with Gasteiger partial charge < -0.3 is 9.72 Å². The number of ether oxygens (including phenoxy) is 1. The molecular formula is C17H25N3O2. The van der Waals surface area contributed by atoms with Gasteiger partial charge in [-0.3, -0.25) is 4.90 Å². The van der Waals surface area contributed by atoms with Gasteiger partial charge in [0.2, 0.25) is 0 Å². The first-order valence-corrected chi connectivity index (χ1v) is 8.03. The summed E-state index contributed by atoms with van der Waals surface area (Å²) >= 11 is 0. The zero-order valence-corrected chi connectivity index (χ0v) is 13.6. The molecule has 1 amide bonds. The quantitative estimate of drug-likeness (QED) is 0.913. The molecule has 120 valence electrons. The summed E-state index contributed by atoms with van der Waals surface area (Å²) in [6.45, 7) is 7.87. The number of imidazole rings is 1. The molecule has 1 saturated heterocycles. The zero-order valence-electron chi connectivity index (χ0n) is 13.6. The van der Waals surface area contributed by atoms with Crippen LogP contribution in [0.2, 0.25) is 0 Å². The third kappa shape index (κ3) is 4.00. The molecule has 1 aliphatic rings. The molecule has 2 aromatic rings. The van der Waals surface area contributed by atoms with Crippen LogP contribution in [0.25, 0.3) is 11.0 Å². The second kappa shape index (κ2) is 7.82. The van der Waals surface area contributed by atoms with Gasteiger partial charge in [0.05, 0.1) is 23.9 Å². The molecule has 1 unspecified atom stereocenters. The minimum Gasteiger partial charge on any atom is -0.447 e. The number of hydrogen-bond acceptors (Lipinski definition) is 3. The number of aromatic amines is 1. The zero-order chi connectivity index (χ0) is 15.9. The first kappa shape index (κ1) is 16.3. The highest BCUT2D eigenvalue weighted by Gasteiger charge is 2.23. The van der Waals surface area contributed by atoms with Crippen LogP contribution in [0, 0.1) is 5.92 Å². The smallest absolute Gasteiger partial charge is 0.414 e. The van der Waals surface area contributed by atoms with Crippen LogP contribution in [0.15, 0.2) is 24.5 Å². The maximum absolute atomic E-state index is 11.3. The van der Waals surface area contributed by atoms with Crippen LogP contribution in [-0.4, -0.2) is 29.2 Å². The number of fused-ring (bicyclic) bond motifs is 1. The van der Waals surface area contributed by atoms with Gasteiger partial charge in [-0.1, -0.05) is 40.0 Å². The molecule has 1 fully saturated rings. The summed E-state index contributed by atoms with van der Waals surface area (Å²) in [6.07, 6.45) is 5.43. The standard InChI is InChI=1S/C10H9N3O2.C7H16/c14-10-13(3-4-15-10)7-1-2-8-9(5-7)12-6-11-8;1-4-6-7(3)5-2/h1-2,5-6H,3-4H2,(H,11,12);7H,4-6H2,1-3H3. The highest BCUT2D eigenvalue weighted by atomic mass is 16.6. The topological polar surface area (TPSA) is 58.2 Å². The number of aromatic nitrogens is 2. The average Bonchev–Trinajstić information content (AvgIpc) is 3.15. The predicted molar refractivity (Wildman–Crippen MR) is 89.2 cm³/mol. The van der Waals surface area contributed by atoms with Crippen molar-refractivity contribution in [3.8, 4) is 0 Å². The molecular weight excluding hydrogens is 278 g/mol. The molecule has 1 aliphatic heterocycles. The van der Waals surface area contributed by atoms with E-state index in [1.165, 1.54) is 19.3 Å². The minimum absolute atomic E-state index is 0.283. The Bertz CT molecular complexity index is 609. The second-order valence-electron chi connectivity index (χ2n) is 5.67. The Balaban J connectivity index is 0.000000217. The summed E-state index contributed by atoms with van der Waals surface area (Å²) in [4.78, 5) is 20.1. The van der Waals surface area contributed by atoms with Gasteiger partial charge in [0.25, 0.3) is 0 Å². The Hall–Kier alpha value is -2.04. The van der Waals surface area contributed by atoms with Gasteiger partial charge in [0, 0.05) is 5.69 Å². The maximum atomic E-state index is 11.3. The Labute approximate surface area is 131 Å². The van der Waals surface area contributed by atoms with Crippen molar-refractivity contribution in [1.29, 1.82) is 0 Å². The lowest BCUT2D eigenvalue weighted by atomic mass is 10.0. The fraction of sp³-hybridized carbons (Fsp3) is 0.529. The summed E-state index contributed by atoms with van der Waals surface area (Å²) in [7, 11) is 0. The van der Waals surface area contributed by atoms with Crippen LogP contribution in [0.3, 0.4) is 0 Å². The predicted octanol–water partition coefficient (Wildman–Crippen LogP) is 4.35. The van der Waals surface area contributed by atoms with Crippen molar-refractivity contribution < 1.29 is 9.53 Å². The van der Waals surface area contributed by atoms with E-state index in [9.17, 15) is 4.79 Å². The van der Waals surface area contributed by atoms with Crippen LogP contribution < -0.4 is 4.90 Å². The van der Waals surface area contributed by atoms with Crippen molar-refractivity contribution in [3.63, 3.8) is 0 Å². The summed E-state index contributed by atoms with van der Waals surface area (Å²) in [5.41, 5.74) is 2.66. The van der Waals surface area contributed by atoms with Crippen LogP contribution >= 0.6 is 0 Å². The Kier molecular flexibility index (Phi) is 5.81. The largest absolute Gasteiger partial charge is 0.447 e. The van der Waals surface area contributed by atoms with Crippen molar-refractivity contribution in [2.45, 2.75) is 40.0 Å². The van der Waals surface area contributed by atoms with Crippen molar-refractivity contribution in [3.05, 3.63) is 24.5 Å². The molecule has 1 N–H and O–H groups in total. The molecule has 3 rings (SSSR count). The van der Waals surface area contributed by atoms with Crippen LogP contribution in [0.1, 0.15) is 40.0 Å². The van der Waals surface area contributed by atoms with E-state index in [0.717, 1.165) is 22.6 Å². The molecule has 2 heterocycles. The molecule has 0 bridgehead atoms. The first-order chi connectivity index (χ1) is 10.7. The van der Waals surface area contributed by atoms with E-state index in [2.05, 4.69) is 30.7 Å². The van der Waals surface area contributed by atoms with Gasteiger partial charge in [-0.15, -0.1) is 0 Å². The fourth-order valence-electron chi connectivity index (χ4n) is 2.42. The number of cyclic esters (lactones) is 1. The Morgan fingerprint density at radius 2 is 2.23 bits per heavy atom. The number of amides is 1. The van der Waals surface area contributed by atoms with E-state index in [-0.39, 0.29) is 6.09 Å². The van der Waals surface area contributed by atoms with Crippen LogP contribution in [-0.2, 0) is 4.74 Å². The molecule has 1 aromatic carbocycles. The van der Waals surface area contributed by atoms with E-state index in [0.29, 0.717) is 13.2 Å². The number of nitrogens with zero attached hydrogens (tertiary/aromatic N) is 2. The maximum Gasteiger partial charge on any atom is 0.414 e. The normalized spacial score (nSPS) is 15.4. The summed E-state index contributed by atoms with van der Waals surface area (Å²) in [5.74, 6) is 0.949. The number of rotatable bonds is 4. The SMILES string of the molecule is CCCC(C)CC.O=C1OCCN1c1ccc2nc[nH]c2c1. The highest BCUT2D eigenvalue weighted by molar-refractivity contribution is 5.92. The fourth-order valence-corrected chi connectivity index (χ4v) is 2.42. The first-order valence-electron chi connectivity index (χ1n) is 8.03. The number of anilines is 1. The van der Waals surface area contributed by atoms with Crippen LogP contribution in [0.5, 0.6) is 0 Å². The van der Waals surface area contributed by atoms with Crippen molar-refractivity contribution in [1.82, 2.24) is 9.97 Å². The molecule has 0 aliphatic carbocycles. The number of nitrogens with one attached hydrogen (secondary N) is 1. The third-order valence-corrected chi connectivity index (χ3v) is 3.95. The lowest BCUT2D eigenvalue weighted by Crippen LogP contribution is -2.23. The lowest BCUT2D eigenvalue weighted by molar-refractivity contribution is 0.181.